The standard InChI is InChI=1S/C22H27ClN4O3/c1-5-27(6-2)21(29)16-12-11-15(13-18(16)23)25-20(28)17-9-7-8-10-19(17)26-22(30)24-14(3)4/h7-14H,5-6H2,1-4H3,(H,25,28)(H2,24,26,30). The van der Waals surface area contributed by atoms with Gasteiger partial charge in [0.15, 0.2) is 0 Å². The monoisotopic (exact) mass is 430 g/mol. The number of anilines is 2. The van der Waals surface area contributed by atoms with E-state index in [4.69, 9.17) is 11.6 Å². The zero-order chi connectivity index (χ0) is 22.3. The van der Waals surface area contributed by atoms with E-state index in [1.54, 1.807) is 41.3 Å². The van der Waals surface area contributed by atoms with Crippen LogP contribution in [0.4, 0.5) is 16.2 Å². The van der Waals surface area contributed by atoms with Crippen LogP contribution in [-0.4, -0.2) is 41.9 Å². The lowest BCUT2D eigenvalue weighted by Crippen LogP contribution is -2.34. The maximum absolute atomic E-state index is 12.8. The van der Waals surface area contributed by atoms with Gasteiger partial charge in [0.2, 0.25) is 0 Å². The van der Waals surface area contributed by atoms with Crippen molar-refractivity contribution in [3.05, 3.63) is 58.6 Å². The van der Waals surface area contributed by atoms with E-state index in [2.05, 4.69) is 16.0 Å². The summed E-state index contributed by atoms with van der Waals surface area (Å²) in [5, 5.41) is 8.41. The Bertz CT molecular complexity index is 926. The second-order valence-electron chi connectivity index (χ2n) is 6.92. The van der Waals surface area contributed by atoms with Gasteiger partial charge in [0.1, 0.15) is 0 Å². The fraction of sp³-hybridized carbons (Fsp3) is 0.318. The molecular formula is C22H27ClN4O3. The number of para-hydroxylation sites is 1. The van der Waals surface area contributed by atoms with Gasteiger partial charge in [-0.3, -0.25) is 9.59 Å². The van der Waals surface area contributed by atoms with Gasteiger partial charge in [-0.2, -0.15) is 0 Å². The third-order valence-electron chi connectivity index (χ3n) is 4.35. The number of hydrogen-bond acceptors (Lipinski definition) is 3. The molecule has 0 fully saturated rings. The molecule has 0 heterocycles. The Kier molecular flexibility index (Phi) is 8.24. The number of amides is 4. The average molecular weight is 431 g/mol. The minimum Gasteiger partial charge on any atom is -0.339 e. The number of nitrogens with one attached hydrogen (secondary N) is 3. The molecule has 0 aliphatic rings. The Morgan fingerprint density at radius 1 is 0.967 bits per heavy atom. The quantitative estimate of drug-likeness (QED) is 0.599. The van der Waals surface area contributed by atoms with E-state index in [1.165, 1.54) is 6.07 Å². The fourth-order valence-electron chi connectivity index (χ4n) is 2.86. The molecule has 2 aromatic carbocycles. The Morgan fingerprint density at radius 3 is 2.23 bits per heavy atom. The normalized spacial score (nSPS) is 10.5. The van der Waals surface area contributed by atoms with Crippen LogP contribution in [0.5, 0.6) is 0 Å². The maximum atomic E-state index is 12.8. The SMILES string of the molecule is CCN(CC)C(=O)c1ccc(NC(=O)c2ccccc2NC(=O)NC(C)C)cc1Cl. The lowest BCUT2D eigenvalue weighted by molar-refractivity contribution is 0.0773. The van der Waals surface area contributed by atoms with Gasteiger partial charge in [-0.15, -0.1) is 0 Å². The van der Waals surface area contributed by atoms with Gasteiger partial charge < -0.3 is 20.9 Å². The van der Waals surface area contributed by atoms with Gasteiger partial charge in [0.25, 0.3) is 11.8 Å². The third kappa shape index (κ3) is 5.97. The van der Waals surface area contributed by atoms with Crippen LogP contribution in [0, 0.1) is 0 Å². The predicted molar refractivity (Wildman–Crippen MR) is 120 cm³/mol. The summed E-state index contributed by atoms with van der Waals surface area (Å²) < 4.78 is 0. The predicted octanol–water partition coefficient (Wildman–Crippen LogP) is 4.60. The van der Waals surface area contributed by atoms with Crippen LogP contribution in [-0.2, 0) is 0 Å². The molecule has 8 heteroatoms. The highest BCUT2D eigenvalue weighted by Crippen LogP contribution is 2.24. The van der Waals surface area contributed by atoms with Crippen molar-refractivity contribution >= 4 is 40.8 Å². The van der Waals surface area contributed by atoms with Gasteiger partial charge >= 0.3 is 6.03 Å². The van der Waals surface area contributed by atoms with Gasteiger partial charge in [-0.05, 0) is 58.0 Å². The van der Waals surface area contributed by atoms with Crippen molar-refractivity contribution < 1.29 is 14.4 Å². The van der Waals surface area contributed by atoms with E-state index in [-0.39, 0.29) is 17.0 Å². The summed E-state index contributed by atoms with van der Waals surface area (Å²) in [6.45, 7) is 8.65. The molecule has 0 aliphatic heterocycles. The molecule has 2 rings (SSSR count). The summed E-state index contributed by atoms with van der Waals surface area (Å²) in [6, 6.07) is 11.0. The van der Waals surface area contributed by atoms with Crippen molar-refractivity contribution in [3.63, 3.8) is 0 Å². The first kappa shape index (κ1) is 23.2. The lowest BCUT2D eigenvalue weighted by atomic mass is 10.1. The molecule has 0 spiro atoms. The Labute approximate surface area is 181 Å². The number of carbonyl (C=O) groups excluding carboxylic acids is 3. The number of carbonyl (C=O) groups is 3. The molecule has 2 aromatic rings. The van der Waals surface area contributed by atoms with Crippen LogP contribution in [0.1, 0.15) is 48.4 Å². The average Bonchev–Trinajstić information content (AvgIpc) is 2.68. The number of hydrogen-bond donors (Lipinski definition) is 3. The van der Waals surface area contributed by atoms with Crippen LogP contribution in [0.25, 0.3) is 0 Å². The molecule has 0 atom stereocenters. The van der Waals surface area contributed by atoms with E-state index in [0.717, 1.165) is 0 Å². The Morgan fingerprint density at radius 2 is 1.63 bits per heavy atom. The summed E-state index contributed by atoms with van der Waals surface area (Å²) in [5.41, 5.74) is 1.51. The van der Waals surface area contributed by atoms with E-state index in [1.807, 2.05) is 27.7 Å². The second-order valence-corrected chi connectivity index (χ2v) is 7.33. The number of benzene rings is 2. The summed E-state index contributed by atoms with van der Waals surface area (Å²) in [7, 11) is 0. The van der Waals surface area contributed by atoms with Gasteiger partial charge in [-0.25, -0.2) is 4.79 Å². The molecule has 0 bridgehead atoms. The third-order valence-corrected chi connectivity index (χ3v) is 4.66. The van der Waals surface area contributed by atoms with Crippen LogP contribution >= 0.6 is 11.6 Å². The molecule has 0 aliphatic carbocycles. The number of halogens is 1. The molecule has 7 nitrogen and oxygen atoms in total. The number of rotatable bonds is 7. The summed E-state index contributed by atoms with van der Waals surface area (Å²) in [5.74, 6) is -0.567. The number of urea groups is 1. The van der Waals surface area contributed by atoms with Gasteiger partial charge in [-0.1, -0.05) is 23.7 Å². The first-order chi connectivity index (χ1) is 14.3. The highest BCUT2D eigenvalue weighted by molar-refractivity contribution is 6.34. The molecule has 0 saturated heterocycles. The summed E-state index contributed by atoms with van der Waals surface area (Å²) in [6.07, 6.45) is 0. The summed E-state index contributed by atoms with van der Waals surface area (Å²) >= 11 is 6.30. The summed E-state index contributed by atoms with van der Waals surface area (Å²) in [4.78, 5) is 39.0. The molecule has 0 unspecified atom stereocenters. The smallest absolute Gasteiger partial charge is 0.319 e. The largest absolute Gasteiger partial charge is 0.339 e. The van der Waals surface area contributed by atoms with Crippen molar-refractivity contribution in [1.82, 2.24) is 10.2 Å². The van der Waals surface area contributed by atoms with E-state index < -0.39 is 11.9 Å². The van der Waals surface area contributed by atoms with Gasteiger partial charge in [0, 0.05) is 24.8 Å². The van der Waals surface area contributed by atoms with Crippen molar-refractivity contribution in [3.8, 4) is 0 Å². The highest BCUT2D eigenvalue weighted by Gasteiger charge is 2.18. The zero-order valence-corrected chi connectivity index (χ0v) is 18.3. The molecule has 30 heavy (non-hydrogen) atoms. The molecule has 0 aromatic heterocycles. The van der Waals surface area contributed by atoms with Crippen LogP contribution in [0.15, 0.2) is 42.5 Å². The number of nitrogens with zero attached hydrogens (tertiary/aromatic N) is 1. The van der Waals surface area contributed by atoms with Crippen molar-refractivity contribution in [2.75, 3.05) is 23.7 Å². The van der Waals surface area contributed by atoms with Crippen LogP contribution < -0.4 is 16.0 Å². The highest BCUT2D eigenvalue weighted by atomic mass is 35.5. The minimum atomic E-state index is -0.408. The Balaban J connectivity index is 2.18. The van der Waals surface area contributed by atoms with Crippen LogP contribution in [0.2, 0.25) is 5.02 Å². The molecular weight excluding hydrogens is 404 g/mol. The molecule has 4 amide bonds. The first-order valence-electron chi connectivity index (χ1n) is 9.83. The lowest BCUT2D eigenvalue weighted by Gasteiger charge is -2.19. The first-order valence-corrected chi connectivity index (χ1v) is 10.2. The fourth-order valence-corrected chi connectivity index (χ4v) is 3.12. The molecule has 3 N–H and O–H groups in total. The van der Waals surface area contributed by atoms with Crippen molar-refractivity contribution in [1.29, 1.82) is 0 Å². The van der Waals surface area contributed by atoms with Gasteiger partial charge in [0.05, 0.1) is 21.8 Å². The van der Waals surface area contributed by atoms with Crippen LogP contribution in [0.3, 0.4) is 0 Å². The second kappa shape index (κ2) is 10.6. The van der Waals surface area contributed by atoms with E-state index in [9.17, 15) is 14.4 Å². The maximum Gasteiger partial charge on any atom is 0.319 e. The minimum absolute atomic E-state index is 0.0364. The van der Waals surface area contributed by atoms with E-state index in [0.29, 0.717) is 35.6 Å². The zero-order valence-electron chi connectivity index (χ0n) is 17.6. The molecule has 0 radical (unpaired) electrons. The molecule has 0 saturated carbocycles. The Hall–Kier alpha value is -3.06. The molecule has 160 valence electrons. The topological polar surface area (TPSA) is 90.5 Å². The van der Waals surface area contributed by atoms with Crippen molar-refractivity contribution in [2.24, 2.45) is 0 Å². The van der Waals surface area contributed by atoms with E-state index >= 15 is 0 Å². The van der Waals surface area contributed by atoms with Crippen molar-refractivity contribution in [2.45, 2.75) is 33.7 Å².